The number of fused-ring (bicyclic) bond motifs is 1. The summed E-state index contributed by atoms with van der Waals surface area (Å²) in [6.07, 6.45) is 0.129. The van der Waals surface area contributed by atoms with Crippen LogP contribution in [0.3, 0.4) is 0 Å². The fourth-order valence-corrected chi connectivity index (χ4v) is 3.74. The summed E-state index contributed by atoms with van der Waals surface area (Å²) in [6, 6.07) is 10.1. The normalized spacial score (nSPS) is 18.6. The van der Waals surface area contributed by atoms with Gasteiger partial charge in [-0.2, -0.15) is 0 Å². The van der Waals surface area contributed by atoms with E-state index in [-0.39, 0.29) is 17.6 Å². The Labute approximate surface area is 168 Å². The Morgan fingerprint density at radius 3 is 2.57 bits per heavy atom. The van der Waals surface area contributed by atoms with Gasteiger partial charge in [0.25, 0.3) is 5.91 Å². The molecule has 0 radical (unpaired) electrons. The van der Waals surface area contributed by atoms with Crippen molar-refractivity contribution in [3.05, 3.63) is 58.1 Å². The molecule has 28 heavy (non-hydrogen) atoms. The summed E-state index contributed by atoms with van der Waals surface area (Å²) in [7, 11) is 0. The lowest BCUT2D eigenvalue weighted by Gasteiger charge is -2.38. The molecule has 0 fully saturated rings. The van der Waals surface area contributed by atoms with Crippen molar-refractivity contribution in [2.24, 2.45) is 0 Å². The second-order valence-corrected chi connectivity index (χ2v) is 8.63. The maximum absolute atomic E-state index is 12.9. The highest BCUT2D eigenvalue weighted by Crippen LogP contribution is 2.40. The average molecular weight is 382 g/mol. The smallest absolute Gasteiger partial charge is 0.261 e. The van der Waals surface area contributed by atoms with Gasteiger partial charge in [0, 0.05) is 12.0 Å². The van der Waals surface area contributed by atoms with Gasteiger partial charge < -0.3 is 14.8 Å². The zero-order chi connectivity index (χ0) is 20.6. The monoisotopic (exact) mass is 381 g/mol. The number of ether oxygens (including phenoxy) is 2. The Kier molecular flexibility index (Phi) is 5.42. The fraction of sp³-hybridized carbons (Fsp3) is 0.458. The van der Waals surface area contributed by atoms with E-state index in [0.29, 0.717) is 6.42 Å². The van der Waals surface area contributed by atoms with E-state index in [9.17, 15) is 4.79 Å². The number of carbonyl (C=O) groups is 1. The Morgan fingerprint density at radius 1 is 1.14 bits per heavy atom. The van der Waals surface area contributed by atoms with Gasteiger partial charge in [0.05, 0.1) is 6.04 Å². The minimum atomic E-state index is -0.584. The van der Waals surface area contributed by atoms with Crippen molar-refractivity contribution in [2.45, 2.75) is 72.6 Å². The van der Waals surface area contributed by atoms with Crippen LogP contribution in [0.4, 0.5) is 0 Å². The van der Waals surface area contributed by atoms with Crippen molar-refractivity contribution in [1.82, 2.24) is 5.32 Å². The first kappa shape index (κ1) is 20.2. The number of amides is 1. The van der Waals surface area contributed by atoms with Gasteiger partial charge in [-0.15, -0.1) is 0 Å². The molecule has 4 nitrogen and oxygen atoms in total. The number of aryl methyl sites for hydroxylation is 3. The van der Waals surface area contributed by atoms with Crippen LogP contribution in [0.1, 0.15) is 61.1 Å². The maximum atomic E-state index is 12.9. The minimum absolute atomic E-state index is 0.0988. The predicted molar refractivity (Wildman–Crippen MR) is 112 cm³/mol. The lowest BCUT2D eigenvalue weighted by molar-refractivity contribution is -0.128. The van der Waals surface area contributed by atoms with Crippen LogP contribution in [0, 0.1) is 27.7 Å². The van der Waals surface area contributed by atoms with Crippen molar-refractivity contribution in [2.75, 3.05) is 0 Å². The van der Waals surface area contributed by atoms with Crippen molar-refractivity contribution >= 4 is 5.91 Å². The molecule has 2 aromatic carbocycles. The molecule has 1 aliphatic rings. The SMILES string of the molecule is Cc1ccc2c(c1)OC(C)(C)C[C@@H]2NC(=O)[C@H](C)Oc1cc(C)cc(C)c1C. The van der Waals surface area contributed by atoms with Crippen LogP contribution in [-0.2, 0) is 4.79 Å². The molecular formula is C24H31NO3. The van der Waals surface area contributed by atoms with Gasteiger partial charge in [-0.25, -0.2) is 0 Å². The molecule has 2 aromatic rings. The number of hydrogen-bond donors (Lipinski definition) is 1. The first-order valence-electron chi connectivity index (χ1n) is 9.90. The molecule has 2 atom stereocenters. The summed E-state index contributed by atoms with van der Waals surface area (Å²) >= 11 is 0. The first-order valence-corrected chi connectivity index (χ1v) is 9.90. The molecule has 0 aromatic heterocycles. The lowest BCUT2D eigenvalue weighted by Crippen LogP contribution is -2.44. The van der Waals surface area contributed by atoms with E-state index in [0.717, 1.165) is 39.3 Å². The van der Waals surface area contributed by atoms with Crippen molar-refractivity contribution in [3.8, 4) is 11.5 Å². The largest absolute Gasteiger partial charge is 0.487 e. The molecule has 3 rings (SSSR count). The van der Waals surface area contributed by atoms with Crippen LogP contribution >= 0.6 is 0 Å². The maximum Gasteiger partial charge on any atom is 0.261 e. The van der Waals surface area contributed by atoms with Crippen molar-refractivity contribution in [3.63, 3.8) is 0 Å². The van der Waals surface area contributed by atoms with E-state index >= 15 is 0 Å². The summed E-state index contributed by atoms with van der Waals surface area (Å²) in [4.78, 5) is 12.9. The van der Waals surface area contributed by atoms with Crippen molar-refractivity contribution < 1.29 is 14.3 Å². The van der Waals surface area contributed by atoms with E-state index in [1.807, 2.05) is 39.0 Å². The second-order valence-electron chi connectivity index (χ2n) is 8.63. The third kappa shape index (κ3) is 4.32. The minimum Gasteiger partial charge on any atom is -0.487 e. The van der Waals surface area contributed by atoms with Gasteiger partial charge in [-0.1, -0.05) is 18.2 Å². The molecule has 150 valence electrons. The third-order valence-electron chi connectivity index (χ3n) is 5.38. The highest BCUT2D eigenvalue weighted by molar-refractivity contribution is 5.81. The number of nitrogens with one attached hydrogen (secondary N) is 1. The van der Waals surface area contributed by atoms with Crippen LogP contribution in [0.25, 0.3) is 0 Å². The van der Waals surface area contributed by atoms with Gasteiger partial charge in [0.1, 0.15) is 17.1 Å². The van der Waals surface area contributed by atoms with Crippen LogP contribution in [0.2, 0.25) is 0 Å². The molecule has 1 heterocycles. The lowest BCUT2D eigenvalue weighted by atomic mass is 9.89. The average Bonchev–Trinajstić information content (AvgIpc) is 2.57. The van der Waals surface area contributed by atoms with E-state index < -0.39 is 6.10 Å². The second kappa shape index (κ2) is 7.50. The van der Waals surface area contributed by atoms with Gasteiger partial charge in [-0.3, -0.25) is 4.79 Å². The predicted octanol–water partition coefficient (Wildman–Crippen LogP) is 5.11. The molecule has 4 heteroatoms. The summed E-state index contributed by atoms with van der Waals surface area (Å²) in [6.45, 7) is 14.1. The Balaban J connectivity index is 1.77. The Hall–Kier alpha value is -2.49. The number of rotatable bonds is 4. The van der Waals surface area contributed by atoms with Gasteiger partial charge in [-0.05, 0) is 82.9 Å². The van der Waals surface area contributed by atoms with Gasteiger partial charge in [0.2, 0.25) is 0 Å². The zero-order valence-electron chi connectivity index (χ0n) is 18.0. The summed E-state index contributed by atoms with van der Waals surface area (Å²) < 4.78 is 12.2. The fourth-order valence-electron chi connectivity index (χ4n) is 3.74. The molecule has 0 aliphatic carbocycles. The molecule has 0 saturated heterocycles. The van der Waals surface area contributed by atoms with Crippen LogP contribution in [0.5, 0.6) is 11.5 Å². The third-order valence-corrected chi connectivity index (χ3v) is 5.38. The van der Waals surface area contributed by atoms with Crippen LogP contribution < -0.4 is 14.8 Å². The van der Waals surface area contributed by atoms with E-state index in [4.69, 9.17) is 9.47 Å². The molecule has 0 bridgehead atoms. The molecule has 0 spiro atoms. The van der Waals surface area contributed by atoms with Crippen LogP contribution in [-0.4, -0.2) is 17.6 Å². The molecule has 1 aliphatic heterocycles. The summed E-state index contributed by atoms with van der Waals surface area (Å²) in [5, 5.41) is 3.17. The zero-order valence-corrected chi connectivity index (χ0v) is 18.0. The molecule has 1 N–H and O–H groups in total. The summed E-state index contributed by atoms with van der Waals surface area (Å²) in [5.41, 5.74) is 5.18. The highest BCUT2D eigenvalue weighted by Gasteiger charge is 2.35. The number of hydrogen-bond acceptors (Lipinski definition) is 3. The molecule has 0 unspecified atom stereocenters. The van der Waals surface area contributed by atoms with Crippen LogP contribution in [0.15, 0.2) is 30.3 Å². The van der Waals surface area contributed by atoms with Gasteiger partial charge >= 0.3 is 0 Å². The van der Waals surface area contributed by atoms with Crippen molar-refractivity contribution in [1.29, 1.82) is 0 Å². The number of benzene rings is 2. The van der Waals surface area contributed by atoms with Gasteiger partial charge in [0.15, 0.2) is 6.10 Å². The number of carbonyl (C=O) groups excluding carboxylic acids is 1. The summed E-state index contributed by atoms with van der Waals surface area (Å²) in [5.74, 6) is 1.50. The highest BCUT2D eigenvalue weighted by atomic mass is 16.5. The quantitative estimate of drug-likeness (QED) is 0.801. The standard InChI is InChI=1S/C24H31NO3/c1-14-8-9-19-20(13-24(6,7)28-22(19)11-14)25-23(26)18(5)27-21-12-15(2)10-16(3)17(21)4/h8-12,18,20H,13H2,1-7H3,(H,25,26)/t18-,20-/m0/s1. The Morgan fingerprint density at radius 2 is 1.86 bits per heavy atom. The Bertz CT molecular complexity index is 901. The first-order chi connectivity index (χ1) is 13.1. The molecule has 1 amide bonds. The topological polar surface area (TPSA) is 47.6 Å². The van der Waals surface area contributed by atoms with E-state index in [1.165, 1.54) is 0 Å². The van der Waals surface area contributed by atoms with E-state index in [2.05, 4.69) is 38.2 Å². The van der Waals surface area contributed by atoms with E-state index in [1.54, 1.807) is 6.92 Å². The molecule has 0 saturated carbocycles. The molecular weight excluding hydrogens is 350 g/mol.